The molecule has 0 saturated heterocycles. The van der Waals surface area contributed by atoms with Crippen LogP contribution in [0.5, 0.6) is 0 Å². The summed E-state index contributed by atoms with van der Waals surface area (Å²) in [6, 6.07) is 0. The molecule has 1 fully saturated rings. The summed E-state index contributed by atoms with van der Waals surface area (Å²) in [6.45, 7) is 0. The van der Waals surface area contributed by atoms with Crippen molar-refractivity contribution in [2.24, 2.45) is 5.92 Å². The normalized spacial score (nSPS) is 25.7. The molecule has 0 heterocycles. The Bertz CT molecular complexity index is 312. The van der Waals surface area contributed by atoms with E-state index in [1.807, 2.05) is 12.2 Å². The molecule has 0 spiro atoms. The number of hydrogen-bond acceptors (Lipinski definition) is 1. The molecule has 2 aliphatic carbocycles. The fourth-order valence-corrected chi connectivity index (χ4v) is 3.12. The van der Waals surface area contributed by atoms with E-state index in [1.165, 1.54) is 37.7 Å². The molecule has 0 aromatic heterocycles. The van der Waals surface area contributed by atoms with Crippen molar-refractivity contribution in [1.29, 1.82) is 0 Å². The van der Waals surface area contributed by atoms with Crippen LogP contribution < -0.4 is 0 Å². The molecule has 84 valence electrons. The first-order valence-electron chi connectivity index (χ1n) is 5.79. The van der Waals surface area contributed by atoms with Crippen LogP contribution in [0.1, 0.15) is 44.9 Å². The van der Waals surface area contributed by atoms with E-state index in [9.17, 15) is 4.21 Å². The van der Waals surface area contributed by atoms with Crippen LogP contribution in [0.25, 0.3) is 0 Å². The molecule has 1 saturated carbocycles. The van der Waals surface area contributed by atoms with Crippen molar-refractivity contribution in [1.82, 2.24) is 0 Å². The lowest BCUT2D eigenvalue weighted by Crippen LogP contribution is -2.11. The zero-order valence-electron chi connectivity index (χ0n) is 8.95. The van der Waals surface area contributed by atoms with E-state index < -0.39 is 11.1 Å². The number of hydrogen-bond donors (Lipinski definition) is 1. The Balaban J connectivity index is 2.08. The fourth-order valence-electron chi connectivity index (χ4n) is 2.61. The first kappa shape index (κ1) is 11.1. The van der Waals surface area contributed by atoms with Crippen LogP contribution >= 0.6 is 0 Å². The van der Waals surface area contributed by atoms with Gasteiger partial charge in [0.2, 0.25) is 0 Å². The zero-order valence-corrected chi connectivity index (χ0v) is 9.76. The summed E-state index contributed by atoms with van der Waals surface area (Å²) in [5.74, 6) is 0.686. The molecule has 1 unspecified atom stereocenters. The third-order valence-electron chi connectivity index (χ3n) is 3.44. The summed E-state index contributed by atoms with van der Waals surface area (Å²) in [7, 11) is 0. The van der Waals surface area contributed by atoms with Gasteiger partial charge in [-0.15, -0.1) is 0 Å². The van der Waals surface area contributed by atoms with Crippen LogP contribution in [0.15, 0.2) is 22.6 Å². The minimum Gasteiger partial charge on any atom is -0.302 e. The predicted molar refractivity (Wildman–Crippen MR) is 62.7 cm³/mol. The molecule has 0 bridgehead atoms. The van der Waals surface area contributed by atoms with Crippen molar-refractivity contribution in [3.05, 3.63) is 22.6 Å². The fraction of sp³-hybridized carbons (Fsp3) is 0.667. The van der Waals surface area contributed by atoms with Gasteiger partial charge in [-0.25, -0.2) is 4.21 Å². The van der Waals surface area contributed by atoms with Crippen LogP contribution in [0.4, 0.5) is 0 Å². The van der Waals surface area contributed by atoms with Crippen molar-refractivity contribution in [2.75, 3.05) is 0 Å². The standard InChI is InChI=1S/C12H18O2S/c13-15(14)12-8-4-7-11(9-12)10-5-2-1-3-6-10/h8-10H,1-7H2,(H,13,14). The van der Waals surface area contributed by atoms with E-state index in [2.05, 4.69) is 0 Å². The van der Waals surface area contributed by atoms with Gasteiger partial charge < -0.3 is 4.55 Å². The molecule has 2 rings (SSSR count). The number of rotatable bonds is 2. The number of allylic oxidation sites excluding steroid dienone is 3. The van der Waals surface area contributed by atoms with E-state index in [1.54, 1.807) is 0 Å². The van der Waals surface area contributed by atoms with Gasteiger partial charge in [0, 0.05) is 0 Å². The van der Waals surface area contributed by atoms with Crippen LogP contribution in [0.2, 0.25) is 0 Å². The van der Waals surface area contributed by atoms with Gasteiger partial charge in [-0.2, -0.15) is 0 Å². The quantitative estimate of drug-likeness (QED) is 0.733. The molecule has 1 atom stereocenters. The second kappa shape index (κ2) is 5.08. The maximum Gasteiger partial charge on any atom is 0.186 e. The summed E-state index contributed by atoms with van der Waals surface area (Å²) >= 11 is -1.79. The SMILES string of the molecule is O=S(O)C1=CCCC(C2CCCCC2)=C1. The first-order valence-corrected chi connectivity index (χ1v) is 6.89. The van der Waals surface area contributed by atoms with Gasteiger partial charge in [0.15, 0.2) is 11.1 Å². The van der Waals surface area contributed by atoms with Gasteiger partial charge in [0.1, 0.15) is 0 Å². The van der Waals surface area contributed by atoms with Crippen LogP contribution in [0.3, 0.4) is 0 Å². The molecular formula is C12H18O2S. The van der Waals surface area contributed by atoms with Crippen molar-refractivity contribution in [3.8, 4) is 0 Å². The summed E-state index contributed by atoms with van der Waals surface area (Å²) in [5.41, 5.74) is 1.41. The third kappa shape index (κ3) is 2.79. The van der Waals surface area contributed by atoms with Crippen molar-refractivity contribution >= 4 is 11.1 Å². The van der Waals surface area contributed by atoms with E-state index in [0.717, 1.165) is 12.8 Å². The molecule has 0 aromatic carbocycles. The average molecular weight is 226 g/mol. The second-order valence-corrected chi connectivity index (χ2v) is 5.42. The second-order valence-electron chi connectivity index (χ2n) is 4.45. The molecule has 0 aromatic rings. The largest absolute Gasteiger partial charge is 0.302 e. The maximum atomic E-state index is 11.0. The Labute approximate surface area is 93.7 Å². The molecule has 15 heavy (non-hydrogen) atoms. The molecule has 3 heteroatoms. The predicted octanol–water partition coefficient (Wildman–Crippen LogP) is 3.39. The van der Waals surface area contributed by atoms with Crippen LogP contribution in [-0.2, 0) is 11.1 Å². The lowest BCUT2D eigenvalue weighted by Gasteiger charge is -2.26. The van der Waals surface area contributed by atoms with E-state index in [-0.39, 0.29) is 0 Å². The molecule has 0 radical (unpaired) electrons. The van der Waals surface area contributed by atoms with Crippen LogP contribution in [-0.4, -0.2) is 8.76 Å². The molecule has 1 N–H and O–H groups in total. The lowest BCUT2D eigenvalue weighted by molar-refractivity contribution is 0.394. The smallest absolute Gasteiger partial charge is 0.186 e. The Morgan fingerprint density at radius 2 is 2.00 bits per heavy atom. The highest BCUT2D eigenvalue weighted by Crippen LogP contribution is 2.34. The minimum absolute atomic E-state index is 0.613. The van der Waals surface area contributed by atoms with Crippen molar-refractivity contribution in [2.45, 2.75) is 44.9 Å². The zero-order chi connectivity index (χ0) is 10.7. The Morgan fingerprint density at radius 1 is 1.27 bits per heavy atom. The Hall–Kier alpha value is -0.410. The average Bonchev–Trinajstić information content (AvgIpc) is 2.30. The minimum atomic E-state index is -1.79. The highest BCUT2D eigenvalue weighted by atomic mass is 32.2. The third-order valence-corrected chi connectivity index (χ3v) is 4.13. The maximum absolute atomic E-state index is 11.0. The molecule has 0 amide bonds. The Kier molecular flexibility index (Phi) is 3.76. The van der Waals surface area contributed by atoms with Gasteiger partial charge in [-0.1, -0.05) is 30.9 Å². The summed E-state index contributed by atoms with van der Waals surface area (Å²) < 4.78 is 20.0. The van der Waals surface area contributed by atoms with Crippen LogP contribution in [0, 0.1) is 5.92 Å². The Morgan fingerprint density at radius 3 is 2.67 bits per heavy atom. The van der Waals surface area contributed by atoms with Gasteiger partial charge in [0.25, 0.3) is 0 Å². The van der Waals surface area contributed by atoms with Crippen molar-refractivity contribution in [3.63, 3.8) is 0 Å². The van der Waals surface area contributed by atoms with Gasteiger partial charge in [-0.05, 0) is 37.7 Å². The first-order chi connectivity index (χ1) is 7.27. The molecular weight excluding hydrogens is 208 g/mol. The van der Waals surface area contributed by atoms with Gasteiger partial charge in [0.05, 0.1) is 4.91 Å². The monoisotopic (exact) mass is 226 g/mol. The lowest BCUT2D eigenvalue weighted by atomic mass is 9.81. The van der Waals surface area contributed by atoms with E-state index in [4.69, 9.17) is 4.55 Å². The van der Waals surface area contributed by atoms with Gasteiger partial charge in [-0.3, -0.25) is 0 Å². The topological polar surface area (TPSA) is 37.3 Å². The highest BCUT2D eigenvalue weighted by Gasteiger charge is 2.20. The summed E-state index contributed by atoms with van der Waals surface area (Å²) in [4.78, 5) is 0.613. The van der Waals surface area contributed by atoms with Gasteiger partial charge >= 0.3 is 0 Å². The highest BCUT2D eigenvalue weighted by molar-refractivity contribution is 7.83. The summed E-state index contributed by atoms with van der Waals surface area (Å²) in [5, 5.41) is 0. The van der Waals surface area contributed by atoms with E-state index >= 15 is 0 Å². The molecule has 2 nitrogen and oxygen atoms in total. The summed E-state index contributed by atoms with van der Waals surface area (Å²) in [6.07, 6.45) is 12.4. The molecule has 2 aliphatic rings. The molecule has 0 aliphatic heterocycles. The van der Waals surface area contributed by atoms with E-state index in [0.29, 0.717) is 10.8 Å². The van der Waals surface area contributed by atoms with Crippen molar-refractivity contribution < 1.29 is 8.76 Å².